The van der Waals surface area contributed by atoms with E-state index in [1.54, 1.807) is 12.1 Å². The summed E-state index contributed by atoms with van der Waals surface area (Å²) in [5, 5.41) is -0.504. The maximum atomic E-state index is 14.4. The van der Waals surface area contributed by atoms with Gasteiger partial charge in [-0.3, -0.25) is 0 Å². The molecular weight excluding hydrogens is 488 g/mol. The fourth-order valence-electron chi connectivity index (χ4n) is 5.99. The number of sulfone groups is 1. The van der Waals surface area contributed by atoms with Gasteiger partial charge in [0.2, 0.25) is 0 Å². The molecule has 2 fully saturated rings. The number of hydrogen-bond donors (Lipinski definition) is 0. The van der Waals surface area contributed by atoms with Crippen molar-refractivity contribution < 1.29 is 22.3 Å². The zero-order chi connectivity index (χ0) is 26.6. The summed E-state index contributed by atoms with van der Waals surface area (Å²) in [7, 11) is -5.70. The molecule has 0 amide bonds. The Hall–Kier alpha value is -0.993. The number of ether oxygens (including phenoxy) is 2. The average molecular weight is 535 g/mol. The van der Waals surface area contributed by atoms with Crippen LogP contribution in [0.3, 0.4) is 0 Å². The topological polar surface area (TPSA) is 61.8 Å². The third-order valence-electron chi connectivity index (χ3n) is 9.53. The maximum absolute atomic E-state index is 14.4. The number of allylic oxidation sites excluding steroid dienone is 1. The highest BCUT2D eigenvalue weighted by molar-refractivity contribution is 7.92. The van der Waals surface area contributed by atoms with E-state index in [2.05, 4.69) is 66.8 Å². The molecule has 1 aliphatic heterocycles. The van der Waals surface area contributed by atoms with Crippen LogP contribution in [0.25, 0.3) is 0 Å². The predicted octanol–water partition coefficient (Wildman–Crippen LogP) is 6.75. The van der Waals surface area contributed by atoms with Crippen LogP contribution < -0.4 is 0 Å². The third-order valence-corrected chi connectivity index (χ3v) is 16.2. The largest absolute Gasteiger partial charge is 0.410 e. The second kappa shape index (κ2) is 9.33. The van der Waals surface area contributed by atoms with Crippen LogP contribution in [-0.2, 0) is 23.7 Å². The summed E-state index contributed by atoms with van der Waals surface area (Å²) in [5.41, 5.74) is -0.666. The highest BCUT2D eigenvalue weighted by Crippen LogP contribution is 2.55. The molecule has 1 saturated carbocycles. The monoisotopic (exact) mass is 534 g/mol. The predicted molar refractivity (Wildman–Crippen MR) is 147 cm³/mol. The van der Waals surface area contributed by atoms with Crippen LogP contribution in [0.1, 0.15) is 67.2 Å². The molecule has 1 heterocycles. The van der Waals surface area contributed by atoms with Gasteiger partial charge >= 0.3 is 0 Å². The summed E-state index contributed by atoms with van der Waals surface area (Å²) in [5.74, 6) is -0.790. The van der Waals surface area contributed by atoms with Crippen molar-refractivity contribution in [2.45, 2.75) is 107 Å². The van der Waals surface area contributed by atoms with Crippen LogP contribution in [-0.4, -0.2) is 47.1 Å². The van der Waals surface area contributed by atoms with Crippen molar-refractivity contribution in [2.75, 3.05) is 13.2 Å². The number of hydrogen-bond acceptors (Lipinski definition) is 5. The summed E-state index contributed by atoms with van der Waals surface area (Å²) in [6.07, 6.45) is 7.10. The third kappa shape index (κ3) is 5.15. The molecule has 202 valence electrons. The van der Waals surface area contributed by atoms with Crippen molar-refractivity contribution in [2.24, 2.45) is 16.7 Å². The molecule has 3 aliphatic rings. The Balaban J connectivity index is 1.82. The van der Waals surface area contributed by atoms with Gasteiger partial charge in [0.25, 0.3) is 0 Å². The molecule has 0 aromatic heterocycles. The Morgan fingerprint density at radius 3 is 2.17 bits per heavy atom. The minimum absolute atomic E-state index is 0.0651. The number of rotatable bonds is 4. The van der Waals surface area contributed by atoms with E-state index >= 15 is 0 Å². The first kappa shape index (κ1) is 28.0. The molecule has 4 atom stereocenters. The van der Waals surface area contributed by atoms with Gasteiger partial charge in [-0.2, -0.15) is 0 Å². The van der Waals surface area contributed by atoms with E-state index in [9.17, 15) is 8.42 Å². The van der Waals surface area contributed by atoms with E-state index < -0.39 is 29.2 Å². The Morgan fingerprint density at radius 2 is 1.58 bits per heavy atom. The first-order valence-electron chi connectivity index (χ1n) is 13.5. The molecule has 7 heteroatoms. The molecule has 0 N–H and O–H groups in total. The summed E-state index contributed by atoms with van der Waals surface area (Å²) in [6.45, 7) is 19.0. The standard InChI is InChI=1S/C29H46O5SSi/c1-26(2,3)36(7,8)34-25-14-15-28(6)16-17-29(32-18-19-33-29)20-23(28)24(21-27(25,4)5)35(30,31)22-12-10-9-11-13-22/h9-15,23-25H,16-21H2,1-8H3/b15-14-/t23-,24+,25+,28-/m1/s1. The highest BCUT2D eigenvalue weighted by Gasteiger charge is 2.56. The van der Waals surface area contributed by atoms with Gasteiger partial charge in [-0.25, -0.2) is 8.42 Å². The van der Waals surface area contributed by atoms with Gasteiger partial charge < -0.3 is 13.9 Å². The van der Waals surface area contributed by atoms with Gasteiger partial charge in [0.15, 0.2) is 23.9 Å². The molecule has 36 heavy (non-hydrogen) atoms. The molecule has 4 rings (SSSR count). The molecule has 0 radical (unpaired) electrons. The van der Waals surface area contributed by atoms with Crippen LogP contribution in [0.4, 0.5) is 0 Å². The zero-order valence-electron chi connectivity index (χ0n) is 23.5. The molecule has 0 unspecified atom stereocenters. The SMILES string of the molecule is CC1(C)C[C@H](S(=O)(=O)c2ccccc2)[C@H]2CC3(CC[C@@]2(C)/C=C\[C@@H]1O[Si](C)(C)C(C)(C)C)OCCO3. The molecule has 1 spiro atoms. The Morgan fingerprint density at radius 1 is 0.972 bits per heavy atom. The lowest BCUT2D eigenvalue weighted by Gasteiger charge is -2.53. The Labute approximate surface area is 220 Å². The Kier molecular flexibility index (Phi) is 7.27. The lowest BCUT2D eigenvalue weighted by atomic mass is 9.60. The van der Waals surface area contributed by atoms with Gasteiger partial charge in [-0.05, 0) is 59.9 Å². The van der Waals surface area contributed by atoms with E-state index in [0.717, 1.165) is 12.8 Å². The summed E-state index contributed by atoms with van der Waals surface area (Å²) in [6, 6.07) is 8.97. The molecule has 2 aliphatic carbocycles. The van der Waals surface area contributed by atoms with Gasteiger partial charge in [-0.1, -0.05) is 71.9 Å². The number of benzene rings is 1. The molecule has 1 saturated heterocycles. The molecule has 5 nitrogen and oxygen atoms in total. The van der Waals surface area contributed by atoms with Crippen molar-refractivity contribution in [3.05, 3.63) is 42.5 Å². The first-order chi connectivity index (χ1) is 16.5. The fraction of sp³-hybridized carbons (Fsp3) is 0.724. The summed E-state index contributed by atoms with van der Waals surface area (Å²) >= 11 is 0. The first-order valence-corrected chi connectivity index (χ1v) is 17.9. The van der Waals surface area contributed by atoms with E-state index in [1.807, 2.05) is 18.2 Å². The van der Waals surface area contributed by atoms with Crippen molar-refractivity contribution >= 4 is 18.2 Å². The van der Waals surface area contributed by atoms with Crippen molar-refractivity contribution in [1.82, 2.24) is 0 Å². The van der Waals surface area contributed by atoms with Crippen LogP contribution >= 0.6 is 0 Å². The minimum atomic E-state index is -3.61. The molecule has 1 aromatic rings. The Bertz CT molecular complexity index is 1070. The highest BCUT2D eigenvalue weighted by atomic mass is 32.2. The quantitative estimate of drug-likeness (QED) is 0.316. The zero-order valence-corrected chi connectivity index (χ0v) is 25.3. The summed E-state index contributed by atoms with van der Waals surface area (Å²) < 4.78 is 48.0. The second-order valence-electron chi connectivity index (χ2n) is 13.7. The van der Waals surface area contributed by atoms with Gasteiger partial charge in [-0.15, -0.1) is 0 Å². The van der Waals surface area contributed by atoms with Crippen molar-refractivity contribution in [1.29, 1.82) is 0 Å². The normalized spacial score (nSPS) is 33.5. The van der Waals surface area contributed by atoms with Gasteiger partial charge in [0.05, 0.1) is 29.5 Å². The van der Waals surface area contributed by atoms with Crippen molar-refractivity contribution in [3.8, 4) is 0 Å². The van der Waals surface area contributed by atoms with E-state index in [4.69, 9.17) is 13.9 Å². The lowest BCUT2D eigenvalue weighted by Crippen LogP contribution is -2.54. The lowest BCUT2D eigenvalue weighted by molar-refractivity contribution is -0.202. The fourth-order valence-corrected chi connectivity index (χ4v) is 9.75. The van der Waals surface area contributed by atoms with E-state index in [-0.39, 0.29) is 27.9 Å². The average Bonchev–Trinajstić information content (AvgIpc) is 3.24. The van der Waals surface area contributed by atoms with Gasteiger partial charge in [0.1, 0.15) is 0 Å². The molecular formula is C29H46O5SSi. The van der Waals surface area contributed by atoms with Crippen LogP contribution in [0.2, 0.25) is 18.1 Å². The number of fused-ring (bicyclic) bond motifs is 1. The minimum Gasteiger partial charge on any atom is -0.410 e. The maximum Gasteiger partial charge on any atom is 0.192 e. The smallest absolute Gasteiger partial charge is 0.192 e. The molecule has 1 aromatic carbocycles. The summed E-state index contributed by atoms with van der Waals surface area (Å²) in [4.78, 5) is 0.396. The van der Waals surface area contributed by atoms with Crippen LogP contribution in [0.5, 0.6) is 0 Å². The van der Waals surface area contributed by atoms with E-state index in [1.165, 1.54) is 0 Å². The van der Waals surface area contributed by atoms with Crippen molar-refractivity contribution in [3.63, 3.8) is 0 Å². The van der Waals surface area contributed by atoms with Crippen LogP contribution in [0, 0.1) is 16.7 Å². The second-order valence-corrected chi connectivity index (χ2v) is 20.6. The van der Waals surface area contributed by atoms with E-state index in [0.29, 0.717) is 31.0 Å². The van der Waals surface area contributed by atoms with Gasteiger partial charge in [0, 0.05) is 12.8 Å². The van der Waals surface area contributed by atoms with Crippen LogP contribution in [0.15, 0.2) is 47.4 Å². The molecule has 0 bridgehead atoms.